The summed E-state index contributed by atoms with van der Waals surface area (Å²) in [6.45, 7) is 5.71. The first-order chi connectivity index (χ1) is 7.38. The first-order valence-electron chi connectivity index (χ1n) is 5.64. The Balaban J connectivity index is 4.70. The zero-order valence-electron chi connectivity index (χ0n) is 10.2. The van der Waals surface area contributed by atoms with Crippen molar-refractivity contribution in [3.63, 3.8) is 0 Å². The highest BCUT2D eigenvalue weighted by atomic mass is 16.4. The van der Waals surface area contributed by atoms with E-state index < -0.39 is 17.4 Å². The molecule has 0 rings (SSSR count). The van der Waals surface area contributed by atoms with Crippen molar-refractivity contribution in [2.75, 3.05) is 6.54 Å². The van der Waals surface area contributed by atoms with Crippen LogP contribution in [0.25, 0.3) is 0 Å². The molecule has 16 heavy (non-hydrogen) atoms. The number of carboxylic acid groups (broad SMARTS) is 1. The molecule has 5 nitrogen and oxygen atoms in total. The minimum absolute atomic E-state index is 0.101. The predicted octanol–water partition coefficient (Wildman–Crippen LogP) is 0.731. The summed E-state index contributed by atoms with van der Waals surface area (Å²) in [5.41, 5.74) is 3.99. The Hall–Kier alpha value is -1.10. The molecular weight excluding hydrogens is 208 g/mol. The summed E-state index contributed by atoms with van der Waals surface area (Å²) in [4.78, 5) is 22.0. The quantitative estimate of drug-likeness (QED) is 0.573. The standard InChI is InChI=1S/C11H22N2O3/c1-4-8(3)6-11(5-2,10(15)16)13-7-9(12)14/h8,13H,4-7H2,1-3H3,(H2,12,14)(H,15,16). The maximum Gasteiger partial charge on any atom is 0.323 e. The van der Waals surface area contributed by atoms with Crippen LogP contribution in [-0.2, 0) is 9.59 Å². The van der Waals surface area contributed by atoms with Crippen LogP contribution >= 0.6 is 0 Å². The number of carbonyl (C=O) groups excluding carboxylic acids is 1. The van der Waals surface area contributed by atoms with Crippen molar-refractivity contribution in [3.05, 3.63) is 0 Å². The van der Waals surface area contributed by atoms with E-state index in [2.05, 4.69) is 5.32 Å². The molecule has 0 aromatic heterocycles. The maximum absolute atomic E-state index is 11.3. The number of nitrogens with two attached hydrogens (primary N) is 1. The summed E-state index contributed by atoms with van der Waals surface area (Å²) in [7, 11) is 0. The Bertz CT molecular complexity index is 256. The Morgan fingerprint density at radius 3 is 2.31 bits per heavy atom. The fourth-order valence-corrected chi connectivity index (χ4v) is 1.65. The number of carboxylic acids is 1. The molecule has 0 aliphatic heterocycles. The van der Waals surface area contributed by atoms with Crippen LogP contribution in [0.3, 0.4) is 0 Å². The number of primary amides is 1. The Labute approximate surface area is 96.4 Å². The van der Waals surface area contributed by atoms with Crippen LogP contribution in [0.1, 0.15) is 40.0 Å². The summed E-state index contributed by atoms with van der Waals surface area (Å²) in [5, 5.41) is 12.0. The number of rotatable bonds is 8. The lowest BCUT2D eigenvalue weighted by atomic mass is 9.84. The van der Waals surface area contributed by atoms with Crippen LogP contribution in [0.4, 0.5) is 0 Å². The van der Waals surface area contributed by atoms with Gasteiger partial charge in [0.25, 0.3) is 0 Å². The van der Waals surface area contributed by atoms with Gasteiger partial charge >= 0.3 is 5.97 Å². The van der Waals surface area contributed by atoms with Crippen LogP contribution in [0, 0.1) is 5.92 Å². The topological polar surface area (TPSA) is 92.4 Å². The van der Waals surface area contributed by atoms with E-state index in [0.29, 0.717) is 12.8 Å². The number of hydrogen-bond donors (Lipinski definition) is 3. The Kier molecular flexibility index (Phi) is 6.03. The molecule has 0 aromatic rings. The highest BCUT2D eigenvalue weighted by Crippen LogP contribution is 2.23. The van der Waals surface area contributed by atoms with Crippen molar-refractivity contribution in [3.8, 4) is 0 Å². The largest absolute Gasteiger partial charge is 0.480 e. The number of amides is 1. The molecule has 0 fully saturated rings. The molecule has 94 valence electrons. The van der Waals surface area contributed by atoms with Gasteiger partial charge in [-0.15, -0.1) is 0 Å². The summed E-state index contributed by atoms with van der Waals surface area (Å²) < 4.78 is 0. The van der Waals surface area contributed by atoms with Crippen LogP contribution in [-0.4, -0.2) is 29.1 Å². The smallest absolute Gasteiger partial charge is 0.323 e. The molecule has 0 aliphatic carbocycles. The number of hydrogen-bond acceptors (Lipinski definition) is 3. The van der Waals surface area contributed by atoms with Crippen molar-refractivity contribution in [2.24, 2.45) is 11.7 Å². The van der Waals surface area contributed by atoms with E-state index in [4.69, 9.17) is 5.73 Å². The summed E-state index contributed by atoms with van der Waals surface area (Å²) in [6, 6.07) is 0. The van der Waals surface area contributed by atoms with Gasteiger partial charge < -0.3 is 10.8 Å². The van der Waals surface area contributed by atoms with Gasteiger partial charge in [-0.3, -0.25) is 14.9 Å². The molecule has 0 saturated heterocycles. The highest BCUT2D eigenvalue weighted by Gasteiger charge is 2.37. The Morgan fingerprint density at radius 2 is 2.00 bits per heavy atom. The lowest BCUT2D eigenvalue weighted by Gasteiger charge is -2.31. The van der Waals surface area contributed by atoms with Crippen molar-refractivity contribution >= 4 is 11.9 Å². The second-order valence-corrected chi connectivity index (χ2v) is 4.28. The molecular formula is C11H22N2O3. The monoisotopic (exact) mass is 230 g/mol. The van der Waals surface area contributed by atoms with Gasteiger partial charge in [-0.05, 0) is 18.8 Å². The van der Waals surface area contributed by atoms with Crippen molar-refractivity contribution in [1.82, 2.24) is 5.32 Å². The molecule has 0 spiro atoms. The molecule has 2 atom stereocenters. The van der Waals surface area contributed by atoms with E-state index >= 15 is 0 Å². The fourth-order valence-electron chi connectivity index (χ4n) is 1.65. The number of carbonyl (C=O) groups is 2. The normalized spacial score (nSPS) is 16.4. The van der Waals surface area contributed by atoms with Gasteiger partial charge in [0.15, 0.2) is 0 Å². The zero-order valence-corrected chi connectivity index (χ0v) is 10.2. The van der Waals surface area contributed by atoms with E-state index in [0.717, 1.165) is 6.42 Å². The molecule has 0 heterocycles. The molecule has 5 heteroatoms. The molecule has 0 aromatic carbocycles. The SMILES string of the molecule is CCC(C)CC(CC)(NCC(N)=O)C(=O)O. The van der Waals surface area contributed by atoms with Gasteiger partial charge in [0.1, 0.15) is 5.54 Å². The first-order valence-corrected chi connectivity index (χ1v) is 5.64. The molecule has 0 bridgehead atoms. The van der Waals surface area contributed by atoms with Gasteiger partial charge in [0, 0.05) is 0 Å². The van der Waals surface area contributed by atoms with Crippen LogP contribution in [0.2, 0.25) is 0 Å². The average molecular weight is 230 g/mol. The number of aliphatic carboxylic acids is 1. The van der Waals surface area contributed by atoms with Gasteiger partial charge in [-0.1, -0.05) is 27.2 Å². The highest BCUT2D eigenvalue weighted by molar-refractivity contribution is 5.81. The van der Waals surface area contributed by atoms with E-state index in [-0.39, 0.29) is 12.5 Å². The minimum atomic E-state index is -1.04. The second-order valence-electron chi connectivity index (χ2n) is 4.28. The summed E-state index contributed by atoms with van der Waals surface area (Å²) in [6.07, 6.45) is 1.84. The van der Waals surface area contributed by atoms with Crippen molar-refractivity contribution in [1.29, 1.82) is 0 Å². The van der Waals surface area contributed by atoms with E-state index in [9.17, 15) is 14.7 Å². The van der Waals surface area contributed by atoms with Gasteiger partial charge in [0.05, 0.1) is 6.54 Å². The van der Waals surface area contributed by atoms with Crippen molar-refractivity contribution in [2.45, 2.75) is 45.6 Å². The van der Waals surface area contributed by atoms with Gasteiger partial charge in [-0.2, -0.15) is 0 Å². The van der Waals surface area contributed by atoms with Crippen molar-refractivity contribution < 1.29 is 14.7 Å². The zero-order chi connectivity index (χ0) is 12.8. The van der Waals surface area contributed by atoms with E-state index in [1.807, 2.05) is 13.8 Å². The number of nitrogens with one attached hydrogen (secondary N) is 1. The third-order valence-corrected chi connectivity index (χ3v) is 3.01. The molecule has 0 saturated carbocycles. The summed E-state index contributed by atoms with van der Waals surface area (Å²) in [5.74, 6) is -1.17. The van der Waals surface area contributed by atoms with Crippen LogP contribution in [0.5, 0.6) is 0 Å². The third kappa shape index (κ3) is 4.18. The predicted molar refractivity (Wildman–Crippen MR) is 61.9 cm³/mol. The van der Waals surface area contributed by atoms with E-state index in [1.54, 1.807) is 6.92 Å². The average Bonchev–Trinajstić information content (AvgIpc) is 2.23. The maximum atomic E-state index is 11.3. The third-order valence-electron chi connectivity index (χ3n) is 3.01. The molecule has 1 amide bonds. The second kappa shape index (κ2) is 6.48. The molecule has 0 aliphatic rings. The lowest BCUT2D eigenvalue weighted by Crippen LogP contribution is -2.54. The van der Waals surface area contributed by atoms with E-state index in [1.165, 1.54) is 0 Å². The summed E-state index contributed by atoms with van der Waals surface area (Å²) >= 11 is 0. The fraction of sp³-hybridized carbons (Fsp3) is 0.818. The first kappa shape index (κ1) is 14.9. The lowest BCUT2D eigenvalue weighted by molar-refractivity contribution is -0.146. The van der Waals surface area contributed by atoms with Crippen LogP contribution < -0.4 is 11.1 Å². The van der Waals surface area contributed by atoms with Gasteiger partial charge in [0.2, 0.25) is 5.91 Å². The minimum Gasteiger partial charge on any atom is -0.480 e. The molecule has 0 radical (unpaired) electrons. The van der Waals surface area contributed by atoms with Gasteiger partial charge in [-0.25, -0.2) is 0 Å². The van der Waals surface area contributed by atoms with Crippen LogP contribution in [0.15, 0.2) is 0 Å². The Morgan fingerprint density at radius 1 is 1.44 bits per heavy atom. The molecule has 4 N–H and O–H groups in total. The molecule has 2 unspecified atom stereocenters.